The van der Waals surface area contributed by atoms with Gasteiger partial charge in [-0.3, -0.25) is 4.79 Å². The summed E-state index contributed by atoms with van der Waals surface area (Å²) >= 11 is 1.79. The van der Waals surface area contributed by atoms with E-state index in [-0.39, 0.29) is 5.97 Å². The lowest BCUT2D eigenvalue weighted by Crippen LogP contribution is -2.09. The Morgan fingerprint density at radius 2 is 1.94 bits per heavy atom. The average molecular weight is 268 g/mol. The van der Waals surface area contributed by atoms with Crippen molar-refractivity contribution in [3.05, 3.63) is 29.8 Å². The highest BCUT2D eigenvalue weighted by Crippen LogP contribution is 2.18. The van der Waals surface area contributed by atoms with Gasteiger partial charge in [-0.2, -0.15) is 11.8 Å². The zero-order chi connectivity index (χ0) is 13.4. The summed E-state index contributed by atoms with van der Waals surface area (Å²) in [6.45, 7) is 2.05. The van der Waals surface area contributed by atoms with Gasteiger partial charge in [-0.1, -0.05) is 19.1 Å². The molecule has 0 amide bonds. The second-order valence-electron chi connectivity index (χ2n) is 4.06. The zero-order valence-electron chi connectivity index (χ0n) is 11.1. The standard InChI is InChI=1S/C14H20O3S/c1-11(10-14(15)17-3)18-9-8-12-4-6-13(16-2)7-5-12/h4-7,11H,8-10H2,1-3H3. The molecule has 0 N–H and O–H groups in total. The molecular formula is C14H20O3S. The van der Waals surface area contributed by atoms with Crippen LogP contribution in [-0.2, 0) is 16.0 Å². The van der Waals surface area contributed by atoms with Crippen LogP contribution in [0.1, 0.15) is 18.9 Å². The van der Waals surface area contributed by atoms with Gasteiger partial charge in [0.2, 0.25) is 0 Å². The number of carbonyl (C=O) groups excluding carboxylic acids is 1. The van der Waals surface area contributed by atoms with Crippen LogP contribution in [0.3, 0.4) is 0 Å². The summed E-state index contributed by atoms with van der Waals surface area (Å²) in [5.74, 6) is 1.75. The molecule has 0 aliphatic heterocycles. The second-order valence-corrected chi connectivity index (χ2v) is 5.61. The van der Waals surface area contributed by atoms with Gasteiger partial charge < -0.3 is 9.47 Å². The summed E-state index contributed by atoms with van der Waals surface area (Å²) in [5, 5.41) is 0.302. The summed E-state index contributed by atoms with van der Waals surface area (Å²) in [7, 11) is 3.09. The molecule has 1 atom stereocenters. The maximum atomic E-state index is 11.1. The van der Waals surface area contributed by atoms with Gasteiger partial charge in [0.1, 0.15) is 5.75 Å². The number of methoxy groups -OCH3 is 2. The normalized spacial score (nSPS) is 11.9. The summed E-state index contributed by atoms with van der Waals surface area (Å²) in [6.07, 6.45) is 1.48. The Bertz CT molecular complexity index is 362. The highest BCUT2D eigenvalue weighted by Gasteiger charge is 2.09. The third-order valence-electron chi connectivity index (χ3n) is 2.63. The van der Waals surface area contributed by atoms with Crippen LogP contribution in [0.5, 0.6) is 5.75 Å². The van der Waals surface area contributed by atoms with E-state index in [1.165, 1.54) is 12.7 Å². The minimum Gasteiger partial charge on any atom is -0.497 e. The number of ether oxygens (including phenoxy) is 2. The van der Waals surface area contributed by atoms with Crippen molar-refractivity contribution in [2.24, 2.45) is 0 Å². The van der Waals surface area contributed by atoms with E-state index in [2.05, 4.69) is 23.8 Å². The highest BCUT2D eigenvalue weighted by molar-refractivity contribution is 7.99. The topological polar surface area (TPSA) is 35.5 Å². The fourth-order valence-electron chi connectivity index (χ4n) is 1.55. The lowest BCUT2D eigenvalue weighted by Gasteiger charge is -2.09. The van der Waals surface area contributed by atoms with Gasteiger partial charge in [0.05, 0.1) is 20.6 Å². The van der Waals surface area contributed by atoms with E-state index in [9.17, 15) is 4.79 Å². The van der Waals surface area contributed by atoms with Crippen molar-refractivity contribution in [2.45, 2.75) is 25.0 Å². The van der Waals surface area contributed by atoms with E-state index in [1.807, 2.05) is 12.1 Å². The molecule has 0 saturated heterocycles. The number of benzene rings is 1. The summed E-state index contributed by atoms with van der Waals surface area (Å²) < 4.78 is 9.76. The van der Waals surface area contributed by atoms with Crippen LogP contribution in [0, 0.1) is 0 Å². The number of hydrogen-bond acceptors (Lipinski definition) is 4. The van der Waals surface area contributed by atoms with Crippen LogP contribution in [-0.4, -0.2) is 31.2 Å². The van der Waals surface area contributed by atoms with Crippen molar-refractivity contribution >= 4 is 17.7 Å². The molecule has 3 nitrogen and oxygen atoms in total. The van der Waals surface area contributed by atoms with Crippen molar-refractivity contribution < 1.29 is 14.3 Å². The molecule has 1 aromatic carbocycles. The lowest BCUT2D eigenvalue weighted by atomic mass is 10.2. The Hall–Kier alpha value is -1.16. The van der Waals surface area contributed by atoms with Crippen LogP contribution in [0.2, 0.25) is 0 Å². The molecule has 4 heteroatoms. The van der Waals surface area contributed by atoms with Gasteiger partial charge in [0.25, 0.3) is 0 Å². The molecule has 0 aliphatic carbocycles. The first-order valence-corrected chi connectivity index (χ1v) is 7.02. The fourth-order valence-corrected chi connectivity index (χ4v) is 2.56. The molecule has 1 rings (SSSR count). The Morgan fingerprint density at radius 1 is 1.28 bits per heavy atom. The van der Waals surface area contributed by atoms with Gasteiger partial charge in [-0.15, -0.1) is 0 Å². The average Bonchev–Trinajstić information content (AvgIpc) is 2.39. The predicted octanol–water partition coefficient (Wildman–Crippen LogP) is 2.92. The van der Waals surface area contributed by atoms with Crippen LogP contribution in [0.15, 0.2) is 24.3 Å². The first-order chi connectivity index (χ1) is 8.65. The zero-order valence-corrected chi connectivity index (χ0v) is 12.0. The minimum absolute atomic E-state index is 0.139. The van der Waals surface area contributed by atoms with E-state index >= 15 is 0 Å². The summed E-state index contributed by atoms with van der Waals surface area (Å²) in [6, 6.07) is 8.09. The van der Waals surface area contributed by atoms with E-state index in [0.717, 1.165) is 17.9 Å². The molecule has 0 saturated carbocycles. The van der Waals surface area contributed by atoms with E-state index in [1.54, 1.807) is 18.9 Å². The molecule has 0 spiro atoms. The van der Waals surface area contributed by atoms with Gasteiger partial charge in [0, 0.05) is 5.25 Å². The Morgan fingerprint density at radius 3 is 2.50 bits per heavy atom. The Labute approximate surface area is 113 Å². The van der Waals surface area contributed by atoms with Crippen molar-refractivity contribution in [1.82, 2.24) is 0 Å². The molecule has 0 radical (unpaired) electrons. The van der Waals surface area contributed by atoms with Crippen molar-refractivity contribution in [1.29, 1.82) is 0 Å². The molecule has 100 valence electrons. The van der Waals surface area contributed by atoms with E-state index < -0.39 is 0 Å². The third-order valence-corrected chi connectivity index (χ3v) is 3.81. The number of esters is 1. The van der Waals surface area contributed by atoms with E-state index in [0.29, 0.717) is 11.7 Å². The molecule has 0 fully saturated rings. The largest absolute Gasteiger partial charge is 0.497 e. The smallest absolute Gasteiger partial charge is 0.306 e. The molecule has 1 unspecified atom stereocenters. The molecule has 0 bridgehead atoms. The molecule has 0 aliphatic rings. The summed E-state index contributed by atoms with van der Waals surface area (Å²) in [4.78, 5) is 11.1. The maximum absolute atomic E-state index is 11.1. The van der Waals surface area contributed by atoms with Crippen molar-refractivity contribution in [3.8, 4) is 5.75 Å². The van der Waals surface area contributed by atoms with Gasteiger partial charge in [-0.25, -0.2) is 0 Å². The lowest BCUT2D eigenvalue weighted by molar-refractivity contribution is -0.140. The molecule has 0 aromatic heterocycles. The highest BCUT2D eigenvalue weighted by atomic mass is 32.2. The van der Waals surface area contributed by atoms with Crippen LogP contribution >= 0.6 is 11.8 Å². The first-order valence-electron chi connectivity index (χ1n) is 5.97. The second kappa shape index (κ2) is 8.03. The van der Waals surface area contributed by atoms with Gasteiger partial charge >= 0.3 is 5.97 Å². The first kappa shape index (κ1) is 14.9. The van der Waals surface area contributed by atoms with E-state index in [4.69, 9.17) is 4.74 Å². The minimum atomic E-state index is -0.139. The fraction of sp³-hybridized carbons (Fsp3) is 0.500. The predicted molar refractivity (Wildman–Crippen MR) is 75.3 cm³/mol. The van der Waals surface area contributed by atoms with Gasteiger partial charge in [-0.05, 0) is 29.9 Å². The summed E-state index contributed by atoms with van der Waals surface area (Å²) in [5.41, 5.74) is 1.29. The number of aryl methyl sites for hydroxylation is 1. The maximum Gasteiger partial charge on any atom is 0.306 e. The van der Waals surface area contributed by atoms with Crippen LogP contribution in [0.4, 0.5) is 0 Å². The molecule has 0 heterocycles. The van der Waals surface area contributed by atoms with Gasteiger partial charge in [0.15, 0.2) is 0 Å². The number of rotatable bonds is 7. The monoisotopic (exact) mass is 268 g/mol. The molecule has 1 aromatic rings. The molecular weight excluding hydrogens is 248 g/mol. The quantitative estimate of drug-likeness (QED) is 0.712. The van der Waals surface area contributed by atoms with Crippen LogP contribution < -0.4 is 4.74 Å². The number of hydrogen-bond donors (Lipinski definition) is 0. The number of carbonyl (C=O) groups is 1. The SMILES string of the molecule is COC(=O)CC(C)SCCc1ccc(OC)cc1. The van der Waals surface area contributed by atoms with Crippen molar-refractivity contribution in [3.63, 3.8) is 0 Å². The Balaban J connectivity index is 2.26. The van der Waals surface area contributed by atoms with Crippen molar-refractivity contribution in [2.75, 3.05) is 20.0 Å². The third kappa shape index (κ3) is 5.45. The van der Waals surface area contributed by atoms with Crippen LogP contribution in [0.25, 0.3) is 0 Å². The number of thioether (sulfide) groups is 1. The molecule has 18 heavy (non-hydrogen) atoms. The Kier molecular flexibility index (Phi) is 6.65.